The highest BCUT2D eigenvalue weighted by molar-refractivity contribution is 5.79. The Hall–Kier alpha value is -0.610. The number of hydrogen-bond donors (Lipinski definition) is 1. The van der Waals surface area contributed by atoms with E-state index in [2.05, 4.69) is 17.3 Å². The number of rotatable bonds is 2. The van der Waals surface area contributed by atoms with Gasteiger partial charge in [-0.1, -0.05) is 0 Å². The fraction of sp³-hybridized carbons (Fsp3) is 0.917. The molecule has 2 aliphatic rings. The summed E-state index contributed by atoms with van der Waals surface area (Å²) in [5.74, 6) is 0.553. The molecule has 16 heavy (non-hydrogen) atoms. The Morgan fingerprint density at radius 2 is 2.25 bits per heavy atom. The lowest BCUT2D eigenvalue weighted by molar-refractivity contribution is -0.136. The predicted molar refractivity (Wildman–Crippen MR) is 64.3 cm³/mol. The number of piperidine rings is 1. The average molecular weight is 225 g/mol. The molecule has 2 heterocycles. The summed E-state index contributed by atoms with van der Waals surface area (Å²) in [5, 5.41) is 3.31. The second-order valence-electron chi connectivity index (χ2n) is 5.20. The summed E-state index contributed by atoms with van der Waals surface area (Å²) >= 11 is 0. The first-order valence-electron chi connectivity index (χ1n) is 6.34. The maximum Gasteiger partial charge on any atom is 0.227 e. The topological polar surface area (TPSA) is 35.6 Å². The Bertz CT molecular complexity index is 251. The minimum atomic E-state index is 0.213. The maximum atomic E-state index is 12.3. The van der Waals surface area contributed by atoms with E-state index in [1.807, 2.05) is 11.9 Å². The van der Waals surface area contributed by atoms with E-state index in [4.69, 9.17) is 0 Å². The van der Waals surface area contributed by atoms with E-state index in [0.717, 1.165) is 45.4 Å². The molecule has 4 nitrogen and oxygen atoms in total. The van der Waals surface area contributed by atoms with Gasteiger partial charge in [-0.25, -0.2) is 0 Å². The van der Waals surface area contributed by atoms with Crippen molar-refractivity contribution in [2.75, 3.05) is 40.3 Å². The van der Waals surface area contributed by atoms with Crippen LogP contribution in [0.15, 0.2) is 0 Å². The smallest absolute Gasteiger partial charge is 0.227 e. The van der Waals surface area contributed by atoms with Gasteiger partial charge in [0, 0.05) is 26.2 Å². The van der Waals surface area contributed by atoms with Gasteiger partial charge in [0.05, 0.1) is 5.92 Å². The standard InChI is InChI=1S/C12H23N3O/c1-14-7-5-11(9-14)15(2)12(16)10-4-3-6-13-8-10/h10-11,13H,3-9H2,1-2H3. The van der Waals surface area contributed by atoms with Crippen LogP contribution < -0.4 is 5.32 Å². The van der Waals surface area contributed by atoms with Crippen molar-refractivity contribution in [1.29, 1.82) is 0 Å². The Morgan fingerprint density at radius 3 is 2.81 bits per heavy atom. The number of nitrogens with one attached hydrogen (secondary N) is 1. The minimum Gasteiger partial charge on any atom is -0.341 e. The van der Waals surface area contributed by atoms with E-state index in [1.165, 1.54) is 0 Å². The average Bonchev–Trinajstić information content (AvgIpc) is 2.75. The van der Waals surface area contributed by atoms with Crippen molar-refractivity contribution in [3.8, 4) is 0 Å². The van der Waals surface area contributed by atoms with Gasteiger partial charge < -0.3 is 15.1 Å². The van der Waals surface area contributed by atoms with Crippen molar-refractivity contribution in [3.63, 3.8) is 0 Å². The van der Waals surface area contributed by atoms with Crippen LogP contribution in [-0.2, 0) is 4.79 Å². The molecule has 0 spiro atoms. The summed E-state index contributed by atoms with van der Waals surface area (Å²) in [7, 11) is 4.10. The second kappa shape index (κ2) is 5.15. The molecule has 2 unspecified atom stereocenters. The largest absolute Gasteiger partial charge is 0.341 e. The van der Waals surface area contributed by atoms with Crippen LogP contribution in [0.5, 0.6) is 0 Å². The molecule has 4 heteroatoms. The third-order valence-corrected chi connectivity index (χ3v) is 3.91. The summed E-state index contributed by atoms with van der Waals surface area (Å²) in [6.45, 7) is 4.08. The van der Waals surface area contributed by atoms with Gasteiger partial charge in [-0.15, -0.1) is 0 Å². The third kappa shape index (κ3) is 2.55. The lowest BCUT2D eigenvalue weighted by Crippen LogP contribution is -2.46. The molecular formula is C12H23N3O. The highest BCUT2D eigenvalue weighted by Crippen LogP contribution is 2.18. The molecule has 0 aliphatic carbocycles. The fourth-order valence-electron chi connectivity index (χ4n) is 2.76. The first-order valence-corrected chi connectivity index (χ1v) is 6.34. The molecule has 2 fully saturated rings. The Kier molecular flexibility index (Phi) is 3.82. The molecule has 0 radical (unpaired) electrons. The van der Waals surface area contributed by atoms with Gasteiger partial charge in [-0.05, 0) is 39.4 Å². The number of likely N-dealkylation sites (tertiary alicyclic amines) is 1. The predicted octanol–water partition coefficient (Wildman–Crippen LogP) is 0.149. The highest BCUT2D eigenvalue weighted by Gasteiger charge is 2.30. The van der Waals surface area contributed by atoms with Crippen LogP contribution in [0.4, 0.5) is 0 Å². The van der Waals surface area contributed by atoms with E-state index in [9.17, 15) is 4.79 Å². The van der Waals surface area contributed by atoms with Crippen molar-refractivity contribution in [2.45, 2.75) is 25.3 Å². The molecule has 2 saturated heterocycles. The number of nitrogens with zero attached hydrogens (tertiary/aromatic N) is 2. The molecule has 92 valence electrons. The van der Waals surface area contributed by atoms with Crippen molar-refractivity contribution < 1.29 is 4.79 Å². The Morgan fingerprint density at radius 1 is 1.44 bits per heavy atom. The first-order chi connectivity index (χ1) is 7.68. The normalized spacial score (nSPS) is 31.6. The van der Waals surface area contributed by atoms with E-state index < -0.39 is 0 Å². The van der Waals surface area contributed by atoms with Gasteiger partial charge in [0.1, 0.15) is 0 Å². The van der Waals surface area contributed by atoms with Crippen LogP contribution in [0.2, 0.25) is 0 Å². The second-order valence-corrected chi connectivity index (χ2v) is 5.20. The van der Waals surface area contributed by atoms with E-state index in [0.29, 0.717) is 11.9 Å². The molecule has 0 saturated carbocycles. The zero-order chi connectivity index (χ0) is 11.5. The van der Waals surface area contributed by atoms with Crippen molar-refractivity contribution in [3.05, 3.63) is 0 Å². The summed E-state index contributed by atoms with van der Waals surface area (Å²) in [6, 6.07) is 0.430. The van der Waals surface area contributed by atoms with Crippen LogP contribution in [0, 0.1) is 5.92 Å². The summed E-state index contributed by atoms with van der Waals surface area (Å²) < 4.78 is 0. The summed E-state index contributed by atoms with van der Waals surface area (Å²) in [5.41, 5.74) is 0. The lowest BCUT2D eigenvalue weighted by Gasteiger charge is -2.30. The summed E-state index contributed by atoms with van der Waals surface area (Å²) in [6.07, 6.45) is 3.31. The van der Waals surface area contributed by atoms with Crippen LogP contribution in [0.3, 0.4) is 0 Å². The molecule has 0 aromatic rings. The van der Waals surface area contributed by atoms with E-state index in [-0.39, 0.29) is 5.92 Å². The monoisotopic (exact) mass is 225 g/mol. The van der Waals surface area contributed by atoms with E-state index >= 15 is 0 Å². The van der Waals surface area contributed by atoms with Crippen LogP contribution in [0.25, 0.3) is 0 Å². The molecule has 1 amide bonds. The van der Waals surface area contributed by atoms with Crippen molar-refractivity contribution in [1.82, 2.24) is 15.1 Å². The number of carbonyl (C=O) groups excluding carboxylic acids is 1. The number of carbonyl (C=O) groups is 1. The molecule has 0 bridgehead atoms. The SMILES string of the molecule is CN1CCC(N(C)C(=O)C2CCCNC2)C1. The van der Waals surface area contributed by atoms with Gasteiger partial charge in [-0.3, -0.25) is 4.79 Å². The third-order valence-electron chi connectivity index (χ3n) is 3.91. The molecule has 1 N–H and O–H groups in total. The Labute approximate surface area is 98.0 Å². The molecule has 2 rings (SSSR count). The Balaban J connectivity index is 1.88. The number of likely N-dealkylation sites (N-methyl/N-ethyl adjacent to an activating group) is 2. The molecule has 2 atom stereocenters. The quantitative estimate of drug-likeness (QED) is 0.726. The maximum absolute atomic E-state index is 12.3. The van der Waals surface area contributed by atoms with Gasteiger partial charge in [0.2, 0.25) is 5.91 Å². The molecular weight excluding hydrogens is 202 g/mol. The zero-order valence-electron chi connectivity index (χ0n) is 10.4. The number of amides is 1. The van der Waals surface area contributed by atoms with Crippen LogP contribution >= 0.6 is 0 Å². The van der Waals surface area contributed by atoms with Crippen molar-refractivity contribution in [2.24, 2.45) is 5.92 Å². The molecule has 2 aliphatic heterocycles. The van der Waals surface area contributed by atoms with Gasteiger partial charge in [0.15, 0.2) is 0 Å². The lowest BCUT2D eigenvalue weighted by atomic mass is 9.97. The van der Waals surface area contributed by atoms with Gasteiger partial charge in [-0.2, -0.15) is 0 Å². The van der Waals surface area contributed by atoms with Crippen LogP contribution in [-0.4, -0.2) is 62.0 Å². The minimum absolute atomic E-state index is 0.213. The highest BCUT2D eigenvalue weighted by atomic mass is 16.2. The first kappa shape index (κ1) is 11.9. The fourth-order valence-corrected chi connectivity index (χ4v) is 2.76. The van der Waals surface area contributed by atoms with Gasteiger partial charge in [0.25, 0.3) is 0 Å². The molecule has 0 aromatic carbocycles. The summed E-state index contributed by atoms with van der Waals surface area (Å²) in [4.78, 5) is 16.5. The molecule has 0 aromatic heterocycles. The van der Waals surface area contributed by atoms with Crippen LogP contribution in [0.1, 0.15) is 19.3 Å². The zero-order valence-corrected chi connectivity index (χ0v) is 10.4. The van der Waals surface area contributed by atoms with E-state index in [1.54, 1.807) is 0 Å². The van der Waals surface area contributed by atoms with Gasteiger partial charge >= 0.3 is 0 Å². The number of hydrogen-bond acceptors (Lipinski definition) is 3. The van der Waals surface area contributed by atoms with Crippen molar-refractivity contribution >= 4 is 5.91 Å².